The van der Waals surface area contributed by atoms with Gasteiger partial charge in [0, 0.05) is 29.5 Å². The van der Waals surface area contributed by atoms with Gasteiger partial charge in [0.2, 0.25) is 0 Å². The lowest BCUT2D eigenvalue weighted by atomic mass is 9.73. The summed E-state index contributed by atoms with van der Waals surface area (Å²) in [5.41, 5.74) is 2.66. The van der Waals surface area contributed by atoms with Crippen molar-refractivity contribution in [2.24, 2.45) is 22.0 Å². The summed E-state index contributed by atoms with van der Waals surface area (Å²) in [5, 5.41) is 23.3. The van der Waals surface area contributed by atoms with Gasteiger partial charge in [0.05, 0.1) is 28.1 Å². The molecule has 9 heteroatoms. The van der Waals surface area contributed by atoms with Gasteiger partial charge in [0.15, 0.2) is 0 Å². The Morgan fingerprint density at radius 3 is 1.67 bits per heavy atom. The Kier molecular flexibility index (Phi) is 5.89. The molecule has 5 rings (SSSR count). The molecule has 36 heavy (non-hydrogen) atoms. The molecule has 0 saturated heterocycles. The average Bonchev–Trinajstić information content (AvgIpc) is 3.36. The highest BCUT2D eigenvalue weighted by Gasteiger charge is 2.50. The van der Waals surface area contributed by atoms with Gasteiger partial charge in [-0.3, -0.25) is 19.7 Å². The molecule has 2 amide bonds. The second kappa shape index (κ2) is 9.18. The third-order valence-electron chi connectivity index (χ3n) is 6.55. The van der Waals surface area contributed by atoms with Gasteiger partial charge in [-0.25, -0.2) is 10.0 Å². The number of hydrogen-bond acceptors (Lipinski definition) is 6. The summed E-state index contributed by atoms with van der Waals surface area (Å²) in [6, 6.07) is 24.2. The zero-order valence-electron chi connectivity index (χ0n) is 19.7. The van der Waals surface area contributed by atoms with E-state index in [1.54, 1.807) is 50.2 Å². The summed E-state index contributed by atoms with van der Waals surface area (Å²) >= 11 is 0. The van der Waals surface area contributed by atoms with Crippen LogP contribution in [0, 0.1) is 22.0 Å². The smallest absolute Gasteiger partial charge is 0.269 e. The van der Waals surface area contributed by atoms with E-state index >= 15 is 0 Å². The van der Waals surface area contributed by atoms with Crippen LogP contribution in [-0.4, -0.2) is 28.2 Å². The maximum absolute atomic E-state index is 13.8. The molecule has 180 valence electrons. The molecule has 2 aliphatic rings. The van der Waals surface area contributed by atoms with Crippen molar-refractivity contribution >= 4 is 40.3 Å². The summed E-state index contributed by atoms with van der Waals surface area (Å²) in [7, 11) is 0. The van der Waals surface area contributed by atoms with Crippen LogP contribution in [0.4, 0.5) is 17.1 Å². The number of non-ortho nitro benzene ring substituents is 1. The van der Waals surface area contributed by atoms with Crippen LogP contribution in [0.25, 0.3) is 0 Å². The number of benzene rings is 3. The van der Waals surface area contributed by atoms with Crippen molar-refractivity contribution in [1.82, 2.24) is 0 Å². The Morgan fingerprint density at radius 1 is 0.750 bits per heavy atom. The fourth-order valence-electron chi connectivity index (χ4n) is 4.92. The van der Waals surface area contributed by atoms with Gasteiger partial charge in [0.1, 0.15) is 0 Å². The molecule has 2 atom stereocenters. The van der Waals surface area contributed by atoms with E-state index in [0.29, 0.717) is 28.4 Å². The van der Waals surface area contributed by atoms with E-state index in [1.165, 1.54) is 22.2 Å². The van der Waals surface area contributed by atoms with Gasteiger partial charge >= 0.3 is 0 Å². The molecule has 0 spiro atoms. The third-order valence-corrected chi connectivity index (χ3v) is 6.55. The minimum Gasteiger partial charge on any atom is -0.272 e. The van der Waals surface area contributed by atoms with Crippen molar-refractivity contribution < 1.29 is 14.5 Å². The lowest BCUT2D eigenvalue weighted by Gasteiger charge is -2.28. The number of nitro groups is 1. The van der Waals surface area contributed by atoms with Crippen LogP contribution in [0.1, 0.15) is 25.3 Å². The van der Waals surface area contributed by atoms with Gasteiger partial charge in [0.25, 0.3) is 17.5 Å². The number of rotatable bonds is 6. The monoisotopic (exact) mass is 481 g/mol. The molecule has 2 unspecified atom stereocenters. The lowest BCUT2D eigenvalue weighted by Crippen LogP contribution is -2.40. The van der Waals surface area contributed by atoms with Crippen molar-refractivity contribution in [3.8, 4) is 0 Å². The second-order valence-electron chi connectivity index (χ2n) is 8.79. The van der Waals surface area contributed by atoms with E-state index in [4.69, 9.17) is 0 Å². The minimum atomic E-state index is -0.804. The van der Waals surface area contributed by atoms with E-state index in [2.05, 4.69) is 10.2 Å². The fourth-order valence-corrected chi connectivity index (χ4v) is 4.92. The Hall–Kier alpha value is -4.66. The highest BCUT2D eigenvalue weighted by atomic mass is 16.6. The Labute approximate surface area is 207 Å². The largest absolute Gasteiger partial charge is 0.272 e. The zero-order chi connectivity index (χ0) is 25.4. The van der Waals surface area contributed by atoms with Crippen LogP contribution in [0.5, 0.6) is 0 Å². The molecule has 0 saturated carbocycles. The molecule has 2 heterocycles. The maximum Gasteiger partial charge on any atom is 0.269 e. The van der Waals surface area contributed by atoms with Gasteiger partial charge in [-0.05, 0) is 43.7 Å². The van der Waals surface area contributed by atoms with Gasteiger partial charge in [-0.15, -0.1) is 0 Å². The summed E-state index contributed by atoms with van der Waals surface area (Å²) in [4.78, 5) is 38.6. The fraction of sp³-hybridized carbons (Fsp3) is 0.185. The number of anilines is 2. The van der Waals surface area contributed by atoms with E-state index in [1.807, 2.05) is 36.4 Å². The number of hydrogen-bond donors (Lipinski definition) is 0. The molecular weight excluding hydrogens is 458 g/mol. The predicted molar refractivity (Wildman–Crippen MR) is 137 cm³/mol. The van der Waals surface area contributed by atoms with Crippen molar-refractivity contribution in [3.63, 3.8) is 0 Å². The molecular formula is C27H23N5O4. The predicted octanol–water partition coefficient (Wildman–Crippen LogP) is 4.76. The first-order chi connectivity index (χ1) is 17.4. The molecule has 0 fully saturated rings. The normalized spacial score (nSPS) is 20.4. The van der Waals surface area contributed by atoms with Crippen LogP contribution in [0.3, 0.4) is 0 Å². The molecule has 3 aromatic carbocycles. The first-order valence-electron chi connectivity index (χ1n) is 11.5. The van der Waals surface area contributed by atoms with E-state index in [0.717, 1.165) is 0 Å². The molecule has 9 nitrogen and oxygen atoms in total. The quantitative estimate of drug-likeness (QED) is 0.374. The van der Waals surface area contributed by atoms with Crippen LogP contribution >= 0.6 is 0 Å². The first-order valence-corrected chi connectivity index (χ1v) is 11.5. The topological polar surface area (TPSA) is 108 Å². The first kappa shape index (κ1) is 23.1. The molecule has 2 aliphatic heterocycles. The van der Waals surface area contributed by atoms with Crippen LogP contribution in [0.15, 0.2) is 95.1 Å². The number of nitrogens with zero attached hydrogens (tertiary/aromatic N) is 5. The summed E-state index contributed by atoms with van der Waals surface area (Å²) < 4.78 is 0. The minimum absolute atomic E-state index is 0.114. The Balaban J connectivity index is 1.60. The van der Waals surface area contributed by atoms with E-state index in [-0.39, 0.29) is 17.5 Å². The summed E-state index contributed by atoms with van der Waals surface area (Å²) in [5.74, 6) is -2.94. The highest BCUT2D eigenvalue weighted by Crippen LogP contribution is 2.43. The molecule has 0 radical (unpaired) electrons. The van der Waals surface area contributed by atoms with E-state index < -0.39 is 22.7 Å². The number of carbonyl (C=O) groups is 2. The maximum atomic E-state index is 13.8. The number of para-hydroxylation sites is 2. The SMILES string of the molecule is CC1=NN(c2ccccc2)C(=O)C1C(c1cccc([N+](=O)[O-])c1)C1C(=O)N(c2ccccc2)N=C1C. The van der Waals surface area contributed by atoms with Crippen molar-refractivity contribution in [1.29, 1.82) is 0 Å². The van der Waals surface area contributed by atoms with Crippen LogP contribution < -0.4 is 10.0 Å². The van der Waals surface area contributed by atoms with Gasteiger partial charge < -0.3 is 0 Å². The number of hydrazone groups is 2. The number of amides is 2. The molecule has 3 aromatic rings. The molecule has 0 aromatic heterocycles. The van der Waals surface area contributed by atoms with Gasteiger partial charge in [-0.1, -0.05) is 48.5 Å². The van der Waals surface area contributed by atoms with Gasteiger partial charge in [-0.2, -0.15) is 10.2 Å². The summed E-state index contributed by atoms with van der Waals surface area (Å²) in [6.45, 7) is 3.49. The molecule has 0 N–H and O–H groups in total. The van der Waals surface area contributed by atoms with E-state index in [9.17, 15) is 19.7 Å². The Bertz CT molecular complexity index is 1320. The number of carbonyl (C=O) groups excluding carboxylic acids is 2. The standard InChI is InChI=1S/C27H23N5O4/c1-17-23(26(33)30(28-17)20-11-5-3-6-12-20)25(19-10-9-15-22(16-19)32(35)36)24-18(2)29-31(27(24)34)21-13-7-4-8-14-21/h3-16,23-25H,1-2H3. The summed E-state index contributed by atoms with van der Waals surface area (Å²) in [6.07, 6.45) is 0. The third kappa shape index (κ3) is 3.94. The van der Waals surface area contributed by atoms with Crippen molar-refractivity contribution in [2.75, 3.05) is 10.0 Å². The lowest BCUT2D eigenvalue weighted by molar-refractivity contribution is -0.384. The second-order valence-corrected chi connectivity index (χ2v) is 8.79. The average molecular weight is 482 g/mol. The Morgan fingerprint density at radius 2 is 1.22 bits per heavy atom. The van der Waals surface area contributed by atoms with Crippen molar-refractivity contribution in [2.45, 2.75) is 19.8 Å². The van der Waals surface area contributed by atoms with Crippen LogP contribution in [0.2, 0.25) is 0 Å². The molecule has 0 bridgehead atoms. The molecule has 0 aliphatic carbocycles. The zero-order valence-corrected chi connectivity index (χ0v) is 19.7. The van der Waals surface area contributed by atoms with Crippen molar-refractivity contribution in [3.05, 3.63) is 101 Å². The highest BCUT2D eigenvalue weighted by molar-refractivity contribution is 6.19. The number of nitro benzene ring substituents is 1. The van der Waals surface area contributed by atoms with Crippen LogP contribution in [-0.2, 0) is 9.59 Å².